The van der Waals surface area contributed by atoms with Gasteiger partial charge >= 0.3 is 5.97 Å². The molecule has 0 bridgehead atoms. The summed E-state index contributed by atoms with van der Waals surface area (Å²) in [5, 5.41) is 17.0. The van der Waals surface area contributed by atoms with Crippen LogP contribution in [0.25, 0.3) is 10.6 Å². The predicted octanol–water partition coefficient (Wildman–Crippen LogP) is 4.67. The molecule has 4 rings (SSSR count). The Labute approximate surface area is 188 Å². The fourth-order valence-corrected chi connectivity index (χ4v) is 3.98. The highest BCUT2D eigenvalue weighted by Crippen LogP contribution is 2.39. The van der Waals surface area contributed by atoms with Gasteiger partial charge in [0.25, 0.3) is 5.69 Å². The Hall–Kier alpha value is -3.66. The van der Waals surface area contributed by atoms with Gasteiger partial charge in [0.05, 0.1) is 36.0 Å². The van der Waals surface area contributed by atoms with Crippen molar-refractivity contribution in [3.05, 3.63) is 63.1 Å². The van der Waals surface area contributed by atoms with Gasteiger partial charge in [-0.15, -0.1) is 11.3 Å². The van der Waals surface area contributed by atoms with Crippen molar-refractivity contribution in [3.63, 3.8) is 0 Å². The molecule has 0 amide bonds. The SMILES string of the molecule is COc1cccc(-c2nc(COC(=O)c3ccc(NC4CC4)c([N+](=O)[O-])c3)cs2)c1OC. The van der Waals surface area contributed by atoms with Gasteiger partial charge < -0.3 is 19.5 Å². The number of nitrogens with zero attached hydrogens (tertiary/aromatic N) is 2. The van der Waals surface area contributed by atoms with E-state index in [1.807, 2.05) is 12.1 Å². The molecule has 0 saturated heterocycles. The van der Waals surface area contributed by atoms with E-state index >= 15 is 0 Å². The molecule has 1 saturated carbocycles. The molecule has 2 aromatic carbocycles. The maximum absolute atomic E-state index is 12.5. The summed E-state index contributed by atoms with van der Waals surface area (Å²) in [6.45, 7) is -0.0580. The minimum absolute atomic E-state index is 0.0580. The molecule has 0 spiro atoms. The number of anilines is 1. The summed E-state index contributed by atoms with van der Waals surface area (Å²) in [5.41, 5.74) is 1.70. The van der Waals surface area contributed by atoms with Crippen molar-refractivity contribution < 1.29 is 23.9 Å². The van der Waals surface area contributed by atoms with Crippen LogP contribution in [0.2, 0.25) is 0 Å². The number of benzene rings is 2. The van der Waals surface area contributed by atoms with Gasteiger partial charge in [0.1, 0.15) is 17.3 Å². The zero-order valence-electron chi connectivity index (χ0n) is 17.5. The fraction of sp³-hybridized carbons (Fsp3) is 0.273. The van der Waals surface area contributed by atoms with Gasteiger partial charge in [-0.25, -0.2) is 9.78 Å². The molecule has 1 aliphatic rings. The molecule has 10 heteroatoms. The van der Waals surface area contributed by atoms with Crippen LogP contribution in [0.15, 0.2) is 41.8 Å². The average Bonchev–Trinajstić information content (AvgIpc) is 3.50. The second-order valence-electron chi connectivity index (χ2n) is 7.17. The van der Waals surface area contributed by atoms with E-state index in [0.717, 1.165) is 18.4 Å². The second kappa shape index (κ2) is 9.23. The van der Waals surface area contributed by atoms with Gasteiger partial charge in [0.2, 0.25) is 0 Å². The quantitative estimate of drug-likeness (QED) is 0.281. The van der Waals surface area contributed by atoms with Crippen molar-refractivity contribution >= 4 is 28.7 Å². The minimum atomic E-state index is -0.653. The number of nitrogens with one attached hydrogen (secondary N) is 1. The first-order valence-electron chi connectivity index (χ1n) is 9.88. The van der Waals surface area contributed by atoms with Gasteiger partial charge in [-0.3, -0.25) is 10.1 Å². The molecule has 166 valence electrons. The molecular formula is C22H21N3O6S. The van der Waals surface area contributed by atoms with Crippen molar-refractivity contribution in [2.75, 3.05) is 19.5 Å². The van der Waals surface area contributed by atoms with E-state index in [4.69, 9.17) is 14.2 Å². The maximum atomic E-state index is 12.5. The Kier molecular flexibility index (Phi) is 6.22. The smallest absolute Gasteiger partial charge is 0.338 e. The Bertz CT molecular complexity index is 1160. The third kappa shape index (κ3) is 4.65. The highest BCUT2D eigenvalue weighted by molar-refractivity contribution is 7.13. The fourth-order valence-electron chi connectivity index (χ4n) is 3.15. The summed E-state index contributed by atoms with van der Waals surface area (Å²) in [5.74, 6) is 0.508. The molecule has 1 heterocycles. The zero-order valence-corrected chi connectivity index (χ0v) is 18.3. The van der Waals surface area contributed by atoms with Crippen molar-refractivity contribution in [1.29, 1.82) is 0 Å². The molecule has 0 aliphatic heterocycles. The second-order valence-corrected chi connectivity index (χ2v) is 8.03. The Balaban J connectivity index is 1.46. The van der Waals surface area contributed by atoms with Crippen LogP contribution in [-0.2, 0) is 11.3 Å². The third-order valence-corrected chi connectivity index (χ3v) is 5.83. The van der Waals surface area contributed by atoms with E-state index in [2.05, 4.69) is 10.3 Å². The number of hydrogen-bond acceptors (Lipinski definition) is 9. The standard InChI is InChI=1S/C22H21N3O6S/c1-29-19-5-3-4-16(20(19)30-2)21-24-15(12-32-21)11-31-22(26)13-6-9-17(23-14-7-8-14)18(10-13)25(27)28/h3-6,9-10,12,14,23H,7-8,11H2,1-2H3. The first-order valence-corrected chi connectivity index (χ1v) is 10.8. The number of nitro groups is 1. The van der Waals surface area contributed by atoms with Crippen molar-refractivity contribution in [2.24, 2.45) is 0 Å². The van der Waals surface area contributed by atoms with Crippen LogP contribution in [0.4, 0.5) is 11.4 Å². The molecule has 1 aliphatic carbocycles. The molecule has 0 unspecified atom stereocenters. The monoisotopic (exact) mass is 455 g/mol. The van der Waals surface area contributed by atoms with Crippen LogP contribution in [0, 0.1) is 10.1 Å². The van der Waals surface area contributed by atoms with Gasteiger partial charge in [0, 0.05) is 17.5 Å². The summed E-state index contributed by atoms with van der Waals surface area (Å²) in [6, 6.07) is 10.1. The van der Waals surface area contributed by atoms with Gasteiger partial charge in [0.15, 0.2) is 11.5 Å². The van der Waals surface area contributed by atoms with Crippen LogP contribution in [-0.4, -0.2) is 36.1 Å². The normalized spacial score (nSPS) is 12.8. The largest absolute Gasteiger partial charge is 0.493 e. The van der Waals surface area contributed by atoms with Crippen LogP contribution < -0.4 is 14.8 Å². The molecule has 1 N–H and O–H groups in total. The number of para-hydroxylation sites is 1. The first kappa shape index (κ1) is 21.6. The Morgan fingerprint density at radius 1 is 1.25 bits per heavy atom. The Morgan fingerprint density at radius 3 is 2.75 bits per heavy atom. The number of aromatic nitrogens is 1. The molecular weight excluding hydrogens is 434 g/mol. The number of rotatable bonds is 9. The summed E-state index contributed by atoms with van der Waals surface area (Å²) in [7, 11) is 3.12. The summed E-state index contributed by atoms with van der Waals surface area (Å²) >= 11 is 1.38. The summed E-state index contributed by atoms with van der Waals surface area (Å²) in [4.78, 5) is 27.9. The number of hydrogen-bond donors (Lipinski definition) is 1. The summed E-state index contributed by atoms with van der Waals surface area (Å²) < 4.78 is 16.1. The number of methoxy groups -OCH3 is 2. The Morgan fingerprint density at radius 2 is 2.06 bits per heavy atom. The van der Waals surface area contributed by atoms with Crippen LogP contribution in [0.5, 0.6) is 11.5 Å². The van der Waals surface area contributed by atoms with E-state index in [-0.39, 0.29) is 23.9 Å². The number of nitro benzene ring substituents is 1. The van der Waals surface area contributed by atoms with E-state index in [1.54, 1.807) is 31.7 Å². The molecule has 0 atom stereocenters. The number of ether oxygens (including phenoxy) is 3. The topological polar surface area (TPSA) is 113 Å². The zero-order chi connectivity index (χ0) is 22.7. The van der Waals surface area contributed by atoms with E-state index in [1.165, 1.54) is 23.5 Å². The maximum Gasteiger partial charge on any atom is 0.338 e. The van der Waals surface area contributed by atoms with Crippen molar-refractivity contribution in [1.82, 2.24) is 4.98 Å². The van der Waals surface area contributed by atoms with E-state index < -0.39 is 10.9 Å². The lowest BCUT2D eigenvalue weighted by Crippen LogP contribution is -2.08. The molecule has 1 aromatic heterocycles. The lowest BCUT2D eigenvalue weighted by molar-refractivity contribution is -0.384. The average molecular weight is 455 g/mol. The summed E-state index contributed by atoms with van der Waals surface area (Å²) in [6.07, 6.45) is 1.97. The predicted molar refractivity (Wildman–Crippen MR) is 120 cm³/mol. The van der Waals surface area contributed by atoms with E-state index in [9.17, 15) is 14.9 Å². The first-order chi connectivity index (χ1) is 15.5. The van der Waals surface area contributed by atoms with Gasteiger partial charge in [-0.05, 0) is 37.1 Å². The van der Waals surface area contributed by atoms with E-state index in [0.29, 0.717) is 27.9 Å². The van der Waals surface area contributed by atoms with Crippen LogP contribution in [0.3, 0.4) is 0 Å². The lowest BCUT2D eigenvalue weighted by atomic mass is 10.1. The number of esters is 1. The number of thiazole rings is 1. The highest BCUT2D eigenvalue weighted by atomic mass is 32.1. The number of carbonyl (C=O) groups excluding carboxylic acids is 1. The third-order valence-electron chi connectivity index (χ3n) is 4.90. The van der Waals surface area contributed by atoms with Crippen LogP contribution >= 0.6 is 11.3 Å². The minimum Gasteiger partial charge on any atom is -0.493 e. The molecule has 32 heavy (non-hydrogen) atoms. The lowest BCUT2D eigenvalue weighted by Gasteiger charge is -2.10. The van der Waals surface area contributed by atoms with Gasteiger partial charge in [-0.2, -0.15) is 0 Å². The van der Waals surface area contributed by atoms with Crippen LogP contribution in [0.1, 0.15) is 28.9 Å². The highest BCUT2D eigenvalue weighted by Gasteiger charge is 2.26. The van der Waals surface area contributed by atoms with Crippen molar-refractivity contribution in [2.45, 2.75) is 25.5 Å². The number of carbonyl (C=O) groups is 1. The molecule has 1 fully saturated rings. The molecule has 3 aromatic rings. The molecule has 9 nitrogen and oxygen atoms in total. The van der Waals surface area contributed by atoms with Crippen molar-refractivity contribution in [3.8, 4) is 22.1 Å². The molecule has 0 radical (unpaired) electrons. The van der Waals surface area contributed by atoms with Gasteiger partial charge in [-0.1, -0.05) is 6.07 Å².